The van der Waals surface area contributed by atoms with Gasteiger partial charge in [-0.05, 0) is 65.5 Å². The Morgan fingerprint density at radius 3 is 2.44 bits per heavy atom. The Morgan fingerprint density at radius 1 is 1.17 bits per heavy atom. The van der Waals surface area contributed by atoms with E-state index in [0.717, 1.165) is 4.57 Å². The summed E-state index contributed by atoms with van der Waals surface area (Å²) in [5.74, 6) is -2.65. The number of allylic oxidation sites excluding steroid dienone is 1. The summed E-state index contributed by atoms with van der Waals surface area (Å²) in [6.45, 7) is 15.0. The SMILES string of the molecule is C#CCCN[C@H]1C[C@@H](C)O[C@@H](O[C@@H]2[C@@H](C)C(=O)[C@@H](C)C(=O)O[C@H](CC)[C@@](C)(OC(=O)n3ccnc3)/C=C(\C)C(=O)[C@H](C)C[C@@]2(C)OC)[C@@H]1OC(C)=O. The van der Waals surface area contributed by atoms with Crippen LogP contribution in [-0.4, -0.2) is 101 Å². The van der Waals surface area contributed by atoms with Crippen molar-refractivity contribution >= 4 is 29.6 Å². The Hall–Kier alpha value is -3.90. The van der Waals surface area contributed by atoms with Crippen molar-refractivity contribution in [1.82, 2.24) is 14.9 Å². The smallest absolute Gasteiger partial charge is 0.420 e. The lowest BCUT2D eigenvalue weighted by Crippen LogP contribution is -2.60. The Labute approximate surface area is 306 Å². The van der Waals surface area contributed by atoms with Gasteiger partial charge in [-0.3, -0.25) is 19.2 Å². The number of Topliss-reactive ketones (excluding diaryl/α,β-unsaturated/α-hetero) is 2. The second-order valence-electron chi connectivity index (χ2n) is 14.3. The molecule has 11 atom stereocenters. The van der Waals surface area contributed by atoms with Crippen LogP contribution in [-0.2, 0) is 47.6 Å². The summed E-state index contributed by atoms with van der Waals surface area (Å²) < 4.78 is 37.7. The van der Waals surface area contributed by atoms with E-state index in [1.807, 2.05) is 6.92 Å². The van der Waals surface area contributed by atoms with Crippen molar-refractivity contribution in [2.45, 2.75) is 136 Å². The number of ether oxygens (including phenoxy) is 6. The standard InChI is InChI=1S/C38H55N3O11/c1-12-14-15-40-28-18-24(5)48-35(32(28)49-27(8)42)51-33-25(6)31(44)26(7)34(45)50-29(13-2)37(9,52-36(46)41-17-16-39-21-41)19-22(3)30(43)23(4)20-38(33,10)47-11/h1,16-17,19,21,23-26,28-29,32-33,35,40H,13-15,18,20H2,2-11H3/b22-19+/t23-,24-,25+,26-,28+,29-,32-,33-,35+,37+,38-/m1/s1. The van der Waals surface area contributed by atoms with Crippen LogP contribution in [0.1, 0.15) is 88.0 Å². The predicted octanol–water partition coefficient (Wildman–Crippen LogP) is 4.18. The molecule has 1 aromatic heterocycles. The minimum Gasteiger partial charge on any atom is -0.457 e. The molecular weight excluding hydrogens is 674 g/mol. The normalized spacial score (nSPS) is 36.1. The van der Waals surface area contributed by atoms with E-state index in [-0.39, 0.29) is 30.3 Å². The average Bonchev–Trinajstić information content (AvgIpc) is 3.64. The fourth-order valence-electron chi connectivity index (χ4n) is 7.16. The van der Waals surface area contributed by atoms with Crippen LogP contribution in [0.2, 0.25) is 0 Å². The molecule has 14 nitrogen and oxygen atoms in total. The summed E-state index contributed by atoms with van der Waals surface area (Å²) in [4.78, 5) is 71.4. The van der Waals surface area contributed by atoms with Crippen LogP contribution in [0.15, 0.2) is 30.4 Å². The van der Waals surface area contributed by atoms with Crippen molar-refractivity contribution in [3.05, 3.63) is 30.4 Å². The van der Waals surface area contributed by atoms with Crippen LogP contribution in [0.4, 0.5) is 4.79 Å². The number of terminal acetylenes is 1. The van der Waals surface area contributed by atoms with Crippen molar-refractivity contribution in [2.24, 2.45) is 17.8 Å². The lowest BCUT2D eigenvalue weighted by atomic mass is 9.77. The Morgan fingerprint density at radius 2 is 1.87 bits per heavy atom. The van der Waals surface area contributed by atoms with Gasteiger partial charge in [-0.2, -0.15) is 0 Å². The Balaban J connectivity index is 2.11. The number of methoxy groups -OCH3 is 1. The van der Waals surface area contributed by atoms with Crippen molar-refractivity contribution in [2.75, 3.05) is 13.7 Å². The molecule has 14 heteroatoms. The van der Waals surface area contributed by atoms with Crippen LogP contribution in [0, 0.1) is 30.1 Å². The minimum atomic E-state index is -1.61. The molecule has 0 amide bonds. The topological polar surface area (TPSA) is 171 Å². The average molecular weight is 730 g/mol. The number of cyclic esters (lactones) is 1. The Bertz CT molecular complexity index is 1500. The molecular formula is C38H55N3O11. The molecule has 2 aliphatic rings. The van der Waals surface area contributed by atoms with E-state index in [2.05, 4.69) is 16.2 Å². The van der Waals surface area contributed by atoms with E-state index in [0.29, 0.717) is 19.4 Å². The van der Waals surface area contributed by atoms with Crippen molar-refractivity contribution < 1.29 is 52.4 Å². The van der Waals surface area contributed by atoms with Gasteiger partial charge in [0.25, 0.3) is 0 Å². The Kier molecular flexibility index (Phi) is 14.9. The van der Waals surface area contributed by atoms with Gasteiger partial charge in [-0.25, -0.2) is 14.3 Å². The van der Waals surface area contributed by atoms with Crippen molar-refractivity contribution in [1.29, 1.82) is 0 Å². The van der Waals surface area contributed by atoms with Crippen LogP contribution in [0.3, 0.4) is 0 Å². The first-order valence-corrected chi connectivity index (χ1v) is 17.8. The largest absolute Gasteiger partial charge is 0.457 e. The number of aromatic nitrogens is 2. The second kappa shape index (κ2) is 18.2. The lowest BCUT2D eigenvalue weighted by molar-refractivity contribution is -0.293. The minimum absolute atomic E-state index is 0.0712. The van der Waals surface area contributed by atoms with E-state index >= 15 is 0 Å². The summed E-state index contributed by atoms with van der Waals surface area (Å²) in [6.07, 6.45) is 6.80. The van der Waals surface area contributed by atoms with Gasteiger partial charge < -0.3 is 33.7 Å². The zero-order valence-electron chi connectivity index (χ0n) is 32.0. The number of rotatable bonds is 9. The predicted molar refractivity (Wildman–Crippen MR) is 189 cm³/mol. The second-order valence-corrected chi connectivity index (χ2v) is 14.3. The summed E-state index contributed by atoms with van der Waals surface area (Å²) in [7, 11) is 1.45. The third-order valence-corrected chi connectivity index (χ3v) is 9.97. The van der Waals surface area contributed by atoms with Crippen LogP contribution < -0.4 is 5.32 Å². The van der Waals surface area contributed by atoms with Gasteiger partial charge in [0, 0.05) is 51.2 Å². The van der Waals surface area contributed by atoms with Gasteiger partial charge in [-0.1, -0.05) is 20.8 Å². The maximum absolute atomic E-state index is 14.3. The fraction of sp³-hybridized carbons (Fsp3) is 0.684. The summed E-state index contributed by atoms with van der Waals surface area (Å²) in [5.41, 5.74) is -2.67. The van der Waals surface area contributed by atoms with Gasteiger partial charge in [0.05, 0.1) is 23.9 Å². The number of hydrogen-bond acceptors (Lipinski definition) is 13. The number of carbonyl (C=O) groups is 5. The van der Waals surface area contributed by atoms with E-state index < -0.39 is 83.4 Å². The number of nitrogens with zero attached hydrogens (tertiary/aromatic N) is 2. The molecule has 1 aromatic rings. The molecule has 1 fully saturated rings. The summed E-state index contributed by atoms with van der Waals surface area (Å²) in [6, 6.07) is -0.394. The lowest BCUT2D eigenvalue weighted by Gasteiger charge is -2.46. The molecule has 0 saturated carbocycles. The number of nitrogens with one attached hydrogen (secondary N) is 1. The molecule has 0 spiro atoms. The maximum Gasteiger partial charge on any atom is 0.420 e. The van der Waals surface area contributed by atoms with Crippen LogP contribution in [0.5, 0.6) is 0 Å². The van der Waals surface area contributed by atoms with E-state index in [4.69, 9.17) is 34.8 Å². The number of imidazole rings is 1. The number of carbonyl (C=O) groups excluding carboxylic acids is 5. The van der Waals surface area contributed by atoms with Gasteiger partial charge in [0.2, 0.25) is 0 Å². The zero-order chi connectivity index (χ0) is 39.0. The molecule has 3 rings (SSSR count). The number of ketones is 2. The molecule has 288 valence electrons. The highest BCUT2D eigenvalue weighted by Gasteiger charge is 2.51. The molecule has 0 radical (unpaired) electrons. The maximum atomic E-state index is 14.3. The number of hydrogen-bond donors (Lipinski definition) is 1. The molecule has 1 N–H and O–H groups in total. The first-order chi connectivity index (χ1) is 24.4. The monoisotopic (exact) mass is 729 g/mol. The molecule has 0 aliphatic carbocycles. The quantitative estimate of drug-likeness (QED) is 0.126. The van der Waals surface area contributed by atoms with Crippen molar-refractivity contribution in [3.63, 3.8) is 0 Å². The van der Waals surface area contributed by atoms with E-state index in [9.17, 15) is 24.0 Å². The highest BCUT2D eigenvalue weighted by Crippen LogP contribution is 2.38. The molecule has 3 heterocycles. The van der Waals surface area contributed by atoms with E-state index in [1.165, 1.54) is 45.8 Å². The first-order valence-electron chi connectivity index (χ1n) is 17.8. The van der Waals surface area contributed by atoms with Crippen molar-refractivity contribution in [3.8, 4) is 12.3 Å². The van der Waals surface area contributed by atoms with Gasteiger partial charge in [-0.15, -0.1) is 12.3 Å². The molecule has 1 saturated heterocycles. The van der Waals surface area contributed by atoms with E-state index in [1.54, 1.807) is 41.5 Å². The van der Waals surface area contributed by atoms with Crippen LogP contribution in [0.25, 0.3) is 0 Å². The third-order valence-electron chi connectivity index (χ3n) is 9.97. The molecule has 0 aromatic carbocycles. The van der Waals surface area contributed by atoms with Gasteiger partial charge >= 0.3 is 18.0 Å². The fourth-order valence-corrected chi connectivity index (χ4v) is 7.16. The highest BCUT2D eigenvalue weighted by molar-refractivity contribution is 6.00. The number of esters is 2. The van der Waals surface area contributed by atoms with Gasteiger partial charge in [0.1, 0.15) is 18.3 Å². The molecule has 2 aliphatic heterocycles. The summed E-state index contributed by atoms with van der Waals surface area (Å²) in [5, 5.41) is 3.34. The molecule has 52 heavy (non-hydrogen) atoms. The zero-order valence-corrected chi connectivity index (χ0v) is 32.0. The first kappa shape index (κ1) is 42.5. The third kappa shape index (κ3) is 10.2. The molecule has 0 unspecified atom stereocenters. The van der Waals surface area contributed by atoms with Crippen LogP contribution >= 0.6 is 0 Å². The molecule has 0 bridgehead atoms. The highest BCUT2D eigenvalue weighted by atomic mass is 16.7. The van der Waals surface area contributed by atoms with Gasteiger partial charge in [0.15, 0.2) is 29.6 Å². The summed E-state index contributed by atoms with van der Waals surface area (Å²) >= 11 is 0.